The first kappa shape index (κ1) is 30.9. The molecule has 0 aliphatic heterocycles. The van der Waals surface area contributed by atoms with E-state index in [1.807, 2.05) is 0 Å². The lowest BCUT2D eigenvalue weighted by Crippen LogP contribution is -2.31. The average Bonchev–Trinajstić information content (AvgIpc) is 2.51. The van der Waals surface area contributed by atoms with Crippen LogP contribution in [0.25, 0.3) is 0 Å². The Balaban J connectivity index is -0.000000117. The molecule has 0 aromatic rings. The maximum Gasteiger partial charge on any atom is 0.126 e. The Morgan fingerprint density at radius 3 is 0.667 bits per heavy atom. The zero-order valence-electron chi connectivity index (χ0n) is 14.5. The van der Waals surface area contributed by atoms with E-state index in [-0.39, 0.29) is 11.6 Å². The van der Waals surface area contributed by atoms with Crippen LogP contribution >= 0.6 is 0 Å². The predicted octanol–water partition coefficient (Wildman–Crippen LogP) is -3.42. The van der Waals surface area contributed by atoms with Crippen LogP contribution in [0, 0.1) is 0 Å². The van der Waals surface area contributed by atoms with Gasteiger partial charge in [-0.1, -0.05) is 0 Å². The van der Waals surface area contributed by atoms with E-state index in [1.54, 1.807) is 0 Å². The highest BCUT2D eigenvalue weighted by atomic mass is 16.4. The predicted molar refractivity (Wildman–Crippen MR) is 85.1 cm³/mol. The van der Waals surface area contributed by atoms with Gasteiger partial charge in [0, 0.05) is 0 Å². The van der Waals surface area contributed by atoms with Crippen molar-refractivity contribution in [3.05, 3.63) is 0 Å². The summed E-state index contributed by atoms with van der Waals surface area (Å²) in [4.78, 5) is 18.9. The summed E-state index contributed by atoms with van der Waals surface area (Å²) in [6, 6.07) is 0. The molecule has 0 saturated carbocycles. The third kappa shape index (κ3) is 37.3. The summed E-state index contributed by atoms with van der Waals surface area (Å²) in [5.74, 6) is 0.333. The van der Waals surface area contributed by atoms with Gasteiger partial charge in [-0.05, 0) is 27.7 Å². The SMILES string of the molecule is CC(C)=O.CC(C)=O.OC[C@@H](O)[C@@H](O)CO.OC[C@@H](O)[C@@H](O)CO. The van der Waals surface area contributed by atoms with E-state index in [1.165, 1.54) is 27.7 Å². The van der Waals surface area contributed by atoms with Crippen molar-refractivity contribution in [2.45, 2.75) is 52.1 Å². The summed E-state index contributed by atoms with van der Waals surface area (Å²) in [6.45, 7) is 4.01. The van der Waals surface area contributed by atoms with Gasteiger partial charge in [0.2, 0.25) is 0 Å². The van der Waals surface area contributed by atoms with Crippen molar-refractivity contribution in [2.24, 2.45) is 0 Å². The first-order valence-corrected chi connectivity index (χ1v) is 7.01. The van der Waals surface area contributed by atoms with Crippen molar-refractivity contribution < 1.29 is 50.4 Å². The molecule has 10 heteroatoms. The Bertz CT molecular complexity index is 233. The Labute approximate surface area is 141 Å². The molecule has 0 aromatic heterocycles. The average molecular weight is 360 g/mol. The van der Waals surface area contributed by atoms with Gasteiger partial charge < -0.3 is 50.4 Å². The van der Waals surface area contributed by atoms with Crippen molar-refractivity contribution in [3.63, 3.8) is 0 Å². The van der Waals surface area contributed by atoms with Crippen LogP contribution < -0.4 is 0 Å². The van der Waals surface area contributed by atoms with Crippen molar-refractivity contribution in [1.82, 2.24) is 0 Å². The van der Waals surface area contributed by atoms with Crippen molar-refractivity contribution in [1.29, 1.82) is 0 Å². The standard InChI is InChI=1S/2C4H10O4.2C3H6O/c2*5-1-3(7)4(8)2-6;2*1-3(2)4/h2*3-8H,1-2H2;2*1-2H3/t2*3-,4+;;. The highest BCUT2D eigenvalue weighted by Crippen LogP contribution is 1.89. The lowest BCUT2D eigenvalue weighted by atomic mass is 10.2. The van der Waals surface area contributed by atoms with Gasteiger partial charge in [-0.25, -0.2) is 0 Å². The van der Waals surface area contributed by atoms with Crippen LogP contribution in [0.2, 0.25) is 0 Å². The molecule has 24 heavy (non-hydrogen) atoms. The monoisotopic (exact) mass is 360 g/mol. The molecule has 8 N–H and O–H groups in total. The summed E-state index contributed by atoms with van der Waals surface area (Å²) >= 11 is 0. The first-order valence-electron chi connectivity index (χ1n) is 7.01. The first-order chi connectivity index (χ1) is 10.9. The fourth-order valence-corrected chi connectivity index (χ4v) is 0.487. The maximum atomic E-state index is 9.44. The number of Topliss-reactive ketones (excluding diaryl/α,β-unsaturated/α-hetero) is 2. The van der Waals surface area contributed by atoms with E-state index in [9.17, 15) is 9.59 Å². The molecule has 0 heterocycles. The Morgan fingerprint density at radius 1 is 0.542 bits per heavy atom. The number of ketones is 2. The number of rotatable bonds is 6. The largest absolute Gasteiger partial charge is 0.394 e. The maximum absolute atomic E-state index is 9.44. The number of carbonyl (C=O) groups excluding carboxylic acids is 2. The molecule has 0 unspecified atom stereocenters. The number of aliphatic hydroxyl groups is 8. The third-order valence-corrected chi connectivity index (χ3v) is 1.64. The molecule has 0 rings (SSSR count). The number of aliphatic hydroxyl groups excluding tert-OH is 8. The molecule has 4 atom stereocenters. The molecule has 0 radical (unpaired) electrons. The minimum absolute atomic E-state index is 0.167. The molecule has 0 aliphatic carbocycles. The van der Waals surface area contributed by atoms with Crippen LogP contribution in [-0.4, -0.2) is 103 Å². The molecule has 0 fully saturated rings. The van der Waals surface area contributed by atoms with E-state index in [0.29, 0.717) is 0 Å². The van der Waals surface area contributed by atoms with Gasteiger partial charge >= 0.3 is 0 Å². The van der Waals surface area contributed by atoms with Crippen LogP contribution in [-0.2, 0) is 9.59 Å². The second-order valence-electron chi connectivity index (χ2n) is 4.82. The molecular weight excluding hydrogens is 328 g/mol. The zero-order chi connectivity index (χ0) is 20.3. The molecular formula is C14H32O10. The van der Waals surface area contributed by atoms with Gasteiger partial charge in [0.25, 0.3) is 0 Å². The Hall–Kier alpha value is -0.980. The molecule has 0 bridgehead atoms. The molecule has 10 nitrogen and oxygen atoms in total. The Morgan fingerprint density at radius 2 is 0.625 bits per heavy atom. The number of carbonyl (C=O) groups is 2. The fourth-order valence-electron chi connectivity index (χ4n) is 0.487. The summed E-state index contributed by atoms with van der Waals surface area (Å²) in [5.41, 5.74) is 0. The van der Waals surface area contributed by atoms with E-state index in [2.05, 4.69) is 0 Å². The molecule has 148 valence electrons. The van der Waals surface area contributed by atoms with Gasteiger partial charge in [-0.2, -0.15) is 0 Å². The van der Waals surface area contributed by atoms with Gasteiger partial charge in [0.1, 0.15) is 36.0 Å². The van der Waals surface area contributed by atoms with Crippen LogP contribution in [0.5, 0.6) is 0 Å². The zero-order valence-corrected chi connectivity index (χ0v) is 14.5. The Kier molecular flexibility index (Phi) is 28.3. The van der Waals surface area contributed by atoms with Gasteiger partial charge in [-0.15, -0.1) is 0 Å². The van der Waals surface area contributed by atoms with Gasteiger partial charge in [0.05, 0.1) is 26.4 Å². The van der Waals surface area contributed by atoms with Crippen LogP contribution in [0.3, 0.4) is 0 Å². The minimum Gasteiger partial charge on any atom is -0.394 e. The summed E-state index contributed by atoms with van der Waals surface area (Å²) in [5, 5.41) is 66.3. The topological polar surface area (TPSA) is 196 Å². The molecule has 0 spiro atoms. The molecule has 0 saturated heterocycles. The summed E-state index contributed by atoms with van der Waals surface area (Å²) in [6.07, 6.45) is -4.89. The van der Waals surface area contributed by atoms with Gasteiger partial charge in [-0.3, -0.25) is 0 Å². The van der Waals surface area contributed by atoms with E-state index < -0.39 is 50.8 Å². The van der Waals surface area contributed by atoms with E-state index in [0.717, 1.165) is 0 Å². The van der Waals surface area contributed by atoms with E-state index >= 15 is 0 Å². The van der Waals surface area contributed by atoms with Crippen molar-refractivity contribution in [2.75, 3.05) is 26.4 Å². The molecule has 0 aliphatic rings. The molecule has 0 amide bonds. The van der Waals surface area contributed by atoms with E-state index in [4.69, 9.17) is 40.9 Å². The summed E-state index contributed by atoms with van der Waals surface area (Å²) < 4.78 is 0. The second kappa shape index (κ2) is 22.0. The van der Waals surface area contributed by atoms with Crippen molar-refractivity contribution >= 4 is 11.6 Å². The second-order valence-corrected chi connectivity index (χ2v) is 4.82. The highest BCUT2D eigenvalue weighted by Gasteiger charge is 2.12. The third-order valence-electron chi connectivity index (χ3n) is 1.64. The van der Waals surface area contributed by atoms with Crippen LogP contribution in [0.1, 0.15) is 27.7 Å². The summed E-state index contributed by atoms with van der Waals surface area (Å²) in [7, 11) is 0. The van der Waals surface area contributed by atoms with Crippen LogP contribution in [0.4, 0.5) is 0 Å². The fraction of sp³-hybridized carbons (Fsp3) is 0.857. The normalized spacial score (nSPS) is 14.2. The smallest absolute Gasteiger partial charge is 0.126 e. The number of hydrogen-bond acceptors (Lipinski definition) is 10. The van der Waals surface area contributed by atoms with Crippen LogP contribution in [0.15, 0.2) is 0 Å². The van der Waals surface area contributed by atoms with Gasteiger partial charge in [0.15, 0.2) is 0 Å². The quantitative estimate of drug-likeness (QED) is 0.236. The lowest BCUT2D eigenvalue weighted by Gasteiger charge is -2.10. The minimum atomic E-state index is -1.22. The van der Waals surface area contributed by atoms with Crippen molar-refractivity contribution in [3.8, 4) is 0 Å². The number of hydrogen-bond donors (Lipinski definition) is 8. The molecule has 0 aromatic carbocycles. The highest BCUT2D eigenvalue weighted by molar-refractivity contribution is 5.72. The lowest BCUT2D eigenvalue weighted by molar-refractivity contribution is -0.115.